The first-order chi connectivity index (χ1) is 9.06. The topological polar surface area (TPSA) is 104 Å². The van der Waals surface area contributed by atoms with Gasteiger partial charge in [-0.05, 0) is 18.4 Å². The smallest absolute Gasteiger partial charge is 0.331 e. The Balaban J connectivity index is 2.02. The van der Waals surface area contributed by atoms with Crippen LogP contribution in [0.3, 0.4) is 0 Å². The van der Waals surface area contributed by atoms with Crippen molar-refractivity contribution in [3.8, 4) is 0 Å². The minimum Gasteiger partial charge on any atom is -0.479 e. The van der Waals surface area contributed by atoms with Crippen molar-refractivity contribution in [2.24, 2.45) is 0 Å². The average Bonchev–Trinajstić information content (AvgIpc) is 2.97. The lowest BCUT2D eigenvalue weighted by molar-refractivity contribution is -0.139. The van der Waals surface area contributed by atoms with Crippen LogP contribution in [0.1, 0.15) is 16.7 Å². The van der Waals surface area contributed by atoms with E-state index in [0.29, 0.717) is 15.8 Å². The largest absolute Gasteiger partial charge is 0.479 e. The van der Waals surface area contributed by atoms with Crippen LogP contribution in [0.4, 0.5) is 9.93 Å². The van der Waals surface area contributed by atoms with E-state index >= 15 is 0 Å². The minimum atomic E-state index is -1.12. The number of urea groups is 1. The van der Waals surface area contributed by atoms with Crippen LogP contribution in [0.15, 0.2) is 17.5 Å². The van der Waals surface area contributed by atoms with Crippen molar-refractivity contribution >= 4 is 40.0 Å². The molecule has 0 aromatic carbocycles. The molecule has 2 aromatic rings. The summed E-state index contributed by atoms with van der Waals surface area (Å²) >= 11 is 2.30. The molecule has 19 heavy (non-hydrogen) atoms. The predicted molar refractivity (Wildman–Crippen MR) is 71.5 cm³/mol. The summed E-state index contributed by atoms with van der Waals surface area (Å²) in [4.78, 5) is 27.3. The molecule has 0 radical (unpaired) electrons. The zero-order valence-electron chi connectivity index (χ0n) is 9.78. The fraction of sp³-hybridized carbons (Fsp3) is 0.200. The Bertz CT molecular complexity index is 581. The van der Waals surface area contributed by atoms with Gasteiger partial charge < -0.3 is 10.4 Å². The van der Waals surface area contributed by atoms with Crippen LogP contribution in [0.2, 0.25) is 0 Å². The summed E-state index contributed by atoms with van der Waals surface area (Å²) in [5.74, 6) is -0.570. The van der Waals surface area contributed by atoms with Gasteiger partial charge >= 0.3 is 12.0 Å². The molecule has 7 nitrogen and oxygen atoms in total. The summed E-state index contributed by atoms with van der Waals surface area (Å²) in [6.45, 7) is 1.70. The van der Waals surface area contributed by atoms with Gasteiger partial charge in [-0.15, -0.1) is 11.3 Å². The molecule has 0 aliphatic carbocycles. The molecule has 0 fully saturated rings. The third-order valence-corrected chi connectivity index (χ3v) is 3.76. The van der Waals surface area contributed by atoms with E-state index in [9.17, 15) is 9.59 Å². The number of aliphatic carboxylic acids is 1. The van der Waals surface area contributed by atoms with Crippen LogP contribution in [0.25, 0.3) is 0 Å². The maximum atomic E-state index is 11.7. The van der Waals surface area contributed by atoms with Crippen LogP contribution in [0.5, 0.6) is 0 Å². The summed E-state index contributed by atoms with van der Waals surface area (Å²) in [7, 11) is 0. The van der Waals surface area contributed by atoms with E-state index in [4.69, 9.17) is 5.11 Å². The van der Waals surface area contributed by atoms with Gasteiger partial charge in [0.1, 0.15) is 5.82 Å². The van der Waals surface area contributed by atoms with Crippen LogP contribution in [0, 0.1) is 6.92 Å². The number of aryl methyl sites for hydroxylation is 1. The maximum absolute atomic E-state index is 11.7. The van der Waals surface area contributed by atoms with Gasteiger partial charge in [0.2, 0.25) is 5.13 Å². The summed E-state index contributed by atoms with van der Waals surface area (Å²) in [6, 6.07) is 1.67. The van der Waals surface area contributed by atoms with Crippen LogP contribution in [-0.4, -0.2) is 26.5 Å². The average molecular weight is 298 g/mol. The molecule has 1 unspecified atom stereocenters. The molecule has 3 N–H and O–H groups in total. The zero-order valence-corrected chi connectivity index (χ0v) is 11.4. The summed E-state index contributed by atoms with van der Waals surface area (Å²) in [5.41, 5.74) is 0. The second-order valence-corrected chi connectivity index (χ2v) is 5.26. The number of nitrogens with one attached hydrogen (secondary N) is 2. The van der Waals surface area contributed by atoms with Crippen molar-refractivity contribution in [2.45, 2.75) is 13.0 Å². The highest BCUT2D eigenvalue weighted by atomic mass is 32.1. The van der Waals surface area contributed by atoms with Crippen molar-refractivity contribution in [2.75, 3.05) is 5.32 Å². The Morgan fingerprint density at radius 1 is 1.47 bits per heavy atom. The highest BCUT2D eigenvalue weighted by Crippen LogP contribution is 2.19. The van der Waals surface area contributed by atoms with Crippen LogP contribution in [-0.2, 0) is 4.79 Å². The molecule has 0 bridgehead atoms. The molecule has 9 heteroatoms. The molecule has 0 saturated heterocycles. The third kappa shape index (κ3) is 3.48. The molecular weight excluding hydrogens is 288 g/mol. The fourth-order valence-corrected chi connectivity index (χ4v) is 2.66. The van der Waals surface area contributed by atoms with E-state index in [2.05, 4.69) is 20.0 Å². The molecule has 2 heterocycles. The Morgan fingerprint density at radius 3 is 2.79 bits per heavy atom. The van der Waals surface area contributed by atoms with E-state index < -0.39 is 18.0 Å². The maximum Gasteiger partial charge on any atom is 0.331 e. The highest BCUT2D eigenvalue weighted by molar-refractivity contribution is 7.10. The van der Waals surface area contributed by atoms with Gasteiger partial charge in [0.25, 0.3) is 0 Å². The Labute approximate surface area is 116 Å². The fourth-order valence-electron chi connectivity index (χ4n) is 1.32. The van der Waals surface area contributed by atoms with Gasteiger partial charge in [0, 0.05) is 16.4 Å². The number of rotatable bonds is 4. The van der Waals surface area contributed by atoms with E-state index in [1.54, 1.807) is 24.4 Å². The van der Waals surface area contributed by atoms with Crippen molar-refractivity contribution in [3.63, 3.8) is 0 Å². The van der Waals surface area contributed by atoms with Crippen LogP contribution >= 0.6 is 22.9 Å². The predicted octanol–water partition coefficient (Wildman–Crippen LogP) is 1.86. The molecule has 0 aliphatic rings. The number of nitrogens with zero attached hydrogens (tertiary/aromatic N) is 2. The monoisotopic (exact) mass is 298 g/mol. The number of hydrogen-bond acceptors (Lipinski definition) is 6. The van der Waals surface area contributed by atoms with Crippen molar-refractivity contribution < 1.29 is 14.7 Å². The summed E-state index contributed by atoms with van der Waals surface area (Å²) in [5, 5.41) is 16.0. The molecule has 2 amide bonds. The van der Waals surface area contributed by atoms with Gasteiger partial charge in [-0.2, -0.15) is 4.37 Å². The molecule has 0 aliphatic heterocycles. The van der Waals surface area contributed by atoms with Gasteiger partial charge in [0.05, 0.1) is 0 Å². The number of thiophene rings is 1. The Hall–Kier alpha value is -2.00. The van der Waals surface area contributed by atoms with Gasteiger partial charge in [-0.1, -0.05) is 6.07 Å². The van der Waals surface area contributed by atoms with Crippen molar-refractivity contribution in [1.29, 1.82) is 0 Å². The van der Waals surface area contributed by atoms with Gasteiger partial charge in [-0.25, -0.2) is 14.6 Å². The minimum absolute atomic E-state index is 0.324. The van der Waals surface area contributed by atoms with E-state index in [-0.39, 0.29) is 0 Å². The zero-order chi connectivity index (χ0) is 13.8. The normalized spacial score (nSPS) is 11.8. The molecule has 1 atom stereocenters. The molecule has 0 saturated carbocycles. The van der Waals surface area contributed by atoms with E-state index in [1.807, 2.05) is 0 Å². The number of carbonyl (C=O) groups is 2. The standard InChI is InChI=1S/C10H10N4O3S2/c1-5-11-10(19-14-5)13-9(17)12-7(8(15)16)6-3-2-4-18-6/h2-4,7H,1H3,(H,15,16)(H2,11,12,13,14,17). The molecule has 100 valence electrons. The van der Waals surface area contributed by atoms with Crippen molar-refractivity contribution in [3.05, 3.63) is 28.2 Å². The third-order valence-electron chi connectivity index (χ3n) is 2.10. The molecule has 0 spiro atoms. The second kappa shape index (κ2) is 5.76. The number of amides is 2. The van der Waals surface area contributed by atoms with Gasteiger partial charge in [0.15, 0.2) is 6.04 Å². The number of carboxylic acids is 1. The lowest BCUT2D eigenvalue weighted by Gasteiger charge is -2.12. The van der Waals surface area contributed by atoms with Crippen LogP contribution < -0.4 is 10.6 Å². The number of carboxylic acid groups (broad SMARTS) is 1. The van der Waals surface area contributed by atoms with Crippen molar-refractivity contribution in [1.82, 2.24) is 14.7 Å². The summed E-state index contributed by atoms with van der Waals surface area (Å²) in [6.07, 6.45) is 0. The quantitative estimate of drug-likeness (QED) is 0.799. The number of carbonyl (C=O) groups excluding carboxylic acids is 1. The Morgan fingerprint density at radius 2 is 2.26 bits per heavy atom. The molecule has 2 aromatic heterocycles. The lowest BCUT2D eigenvalue weighted by atomic mass is 10.2. The second-order valence-electron chi connectivity index (χ2n) is 3.53. The van der Waals surface area contributed by atoms with Gasteiger partial charge in [-0.3, -0.25) is 5.32 Å². The first-order valence-electron chi connectivity index (χ1n) is 5.20. The SMILES string of the molecule is Cc1nsc(NC(=O)NC(C(=O)O)c2cccs2)n1. The molecule has 2 rings (SSSR count). The molecular formula is C10H10N4O3S2. The number of anilines is 1. The number of aromatic nitrogens is 2. The summed E-state index contributed by atoms with van der Waals surface area (Å²) < 4.78 is 3.91. The first-order valence-corrected chi connectivity index (χ1v) is 6.85. The van der Waals surface area contributed by atoms with E-state index in [0.717, 1.165) is 11.5 Å². The highest BCUT2D eigenvalue weighted by Gasteiger charge is 2.23. The first kappa shape index (κ1) is 13.4. The lowest BCUT2D eigenvalue weighted by Crippen LogP contribution is -2.36. The number of hydrogen-bond donors (Lipinski definition) is 3. The van der Waals surface area contributed by atoms with E-state index in [1.165, 1.54) is 11.3 Å². The Kier molecular flexibility index (Phi) is 4.07.